The monoisotopic (exact) mass is 268 g/mol. The lowest BCUT2D eigenvalue weighted by Gasteiger charge is -2.15. The number of esters is 1. The van der Waals surface area contributed by atoms with E-state index in [1.807, 2.05) is 0 Å². The first kappa shape index (κ1) is 15.1. The highest BCUT2D eigenvalue weighted by atomic mass is 16.5. The quantitative estimate of drug-likeness (QED) is 0.492. The summed E-state index contributed by atoms with van der Waals surface area (Å²) in [4.78, 5) is 21.8. The summed E-state index contributed by atoms with van der Waals surface area (Å²) in [6.07, 6.45) is -0.531. The largest absolute Gasteiger partial charge is 0.481 e. The van der Waals surface area contributed by atoms with Crippen molar-refractivity contribution in [3.05, 3.63) is 29.8 Å². The van der Waals surface area contributed by atoms with Gasteiger partial charge in [0, 0.05) is 11.5 Å². The van der Waals surface area contributed by atoms with Gasteiger partial charge in [0.1, 0.15) is 5.75 Å². The maximum Gasteiger partial charge on any atom is 0.311 e. The average molecular weight is 268 g/mol. The Bertz CT molecular complexity index is 439. The van der Waals surface area contributed by atoms with Crippen molar-refractivity contribution >= 4 is 11.9 Å². The Balaban J connectivity index is 2.77. The van der Waals surface area contributed by atoms with Gasteiger partial charge in [-0.3, -0.25) is 9.59 Å². The van der Waals surface area contributed by atoms with Gasteiger partial charge in [-0.25, -0.2) is 0 Å². The lowest BCUT2D eigenvalue weighted by Crippen LogP contribution is -2.15. The van der Waals surface area contributed by atoms with E-state index < -0.39 is 17.9 Å². The third kappa shape index (κ3) is 4.69. The van der Waals surface area contributed by atoms with Crippen LogP contribution < -0.4 is 4.74 Å². The third-order valence-corrected chi connectivity index (χ3v) is 2.57. The Labute approximate surface area is 110 Å². The van der Waals surface area contributed by atoms with Gasteiger partial charge >= 0.3 is 11.9 Å². The number of carbonyl (C=O) groups excluding carboxylic acids is 1. The molecule has 1 aromatic rings. The summed E-state index contributed by atoms with van der Waals surface area (Å²) in [5.41, 5.74) is 0.510. The summed E-state index contributed by atoms with van der Waals surface area (Å²) in [7, 11) is 0. The number of benzene rings is 1. The molecule has 0 heterocycles. The molecule has 0 aliphatic carbocycles. The summed E-state index contributed by atoms with van der Waals surface area (Å²) >= 11 is 0. The van der Waals surface area contributed by atoms with Crippen LogP contribution in [0.25, 0.3) is 0 Å². The molecule has 0 spiro atoms. The molecular formula is C13H16O6. The molecule has 0 amide bonds. The molecule has 0 aliphatic rings. The zero-order valence-corrected chi connectivity index (χ0v) is 10.3. The number of ether oxygens (including phenoxy) is 1. The van der Waals surface area contributed by atoms with E-state index in [4.69, 9.17) is 20.1 Å². The van der Waals surface area contributed by atoms with Crippen LogP contribution in [-0.4, -0.2) is 40.5 Å². The number of hydrogen-bond acceptors (Lipinski definition) is 5. The minimum absolute atomic E-state index is 0.228. The molecule has 1 rings (SSSR count). The molecule has 104 valence electrons. The molecule has 0 aliphatic heterocycles. The highest BCUT2D eigenvalue weighted by Crippen LogP contribution is 2.26. The second-order valence-corrected chi connectivity index (χ2v) is 3.97. The number of aliphatic hydroxyl groups excluding tert-OH is 2. The predicted octanol–water partition coefficient (Wildman–Crippen LogP) is 0.525. The standard InChI is InChI=1S/C13H16O6/c14-7-9(8-15)10-3-1-2-4-11(10)19-13(18)6-5-12(16)17/h1-4,9,14-15H,5-8H2,(H,16,17). The summed E-state index contributed by atoms with van der Waals surface area (Å²) in [6.45, 7) is -0.555. The van der Waals surface area contributed by atoms with Crippen LogP contribution in [0.2, 0.25) is 0 Å². The van der Waals surface area contributed by atoms with Crippen LogP contribution >= 0.6 is 0 Å². The van der Waals surface area contributed by atoms with Crippen LogP contribution in [0.4, 0.5) is 0 Å². The van der Waals surface area contributed by atoms with Crippen LogP contribution in [0.3, 0.4) is 0 Å². The summed E-state index contributed by atoms with van der Waals surface area (Å²) in [6, 6.07) is 6.51. The van der Waals surface area contributed by atoms with E-state index in [0.717, 1.165) is 0 Å². The van der Waals surface area contributed by atoms with Crippen LogP contribution in [0.15, 0.2) is 24.3 Å². The zero-order valence-electron chi connectivity index (χ0n) is 10.3. The second-order valence-electron chi connectivity index (χ2n) is 3.97. The smallest absolute Gasteiger partial charge is 0.311 e. The minimum Gasteiger partial charge on any atom is -0.481 e. The van der Waals surface area contributed by atoms with Gasteiger partial charge in [-0.1, -0.05) is 18.2 Å². The fourth-order valence-corrected chi connectivity index (χ4v) is 1.55. The Morgan fingerprint density at radius 3 is 2.32 bits per heavy atom. The van der Waals surface area contributed by atoms with Gasteiger partial charge in [-0.05, 0) is 6.07 Å². The molecular weight excluding hydrogens is 252 g/mol. The summed E-state index contributed by atoms with van der Waals surface area (Å²) < 4.78 is 5.06. The van der Waals surface area contributed by atoms with Crippen molar-refractivity contribution < 1.29 is 29.6 Å². The Morgan fingerprint density at radius 2 is 1.74 bits per heavy atom. The first-order chi connectivity index (χ1) is 9.08. The third-order valence-electron chi connectivity index (χ3n) is 2.57. The molecule has 0 fully saturated rings. The van der Waals surface area contributed by atoms with Crippen molar-refractivity contribution in [2.45, 2.75) is 18.8 Å². The van der Waals surface area contributed by atoms with Crippen LogP contribution in [0.5, 0.6) is 5.75 Å². The summed E-state index contributed by atoms with van der Waals surface area (Å²) in [5.74, 6) is -2.05. The van der Waals surface area contributed by atoms with Gasteiger partial charge in [0.25, 0.3) is 0 Å². The molecule has 0 aromatic heterocycles. The van der Waals surface area contributed by atoms with E-state index in [-0.39, 0.29) is 31.8 Å². The molecule has 3 N–H and O–H groups in total. The zero-order chi connectivity index (χ0) is 14.3. The highest BCUT2D eigenvalue weighted by Gasteiger charge is 2.16. The van der Waals surface area contributed by atoms with Gasteiger partial charge in [0.15, 0.2) is 0 Å². The normalized spacial score (nSPS) is 10.5. The topological polar surface area (TPSA) is 104 Å². The number of carboxylic acid groups (broad SMARTS) is 1. The number of hydrogen-bond donors (Lipinski definition) is 3. The van der Waals surface area contributed by atoms with Crippen molar-refractivity contribution in [3.8, 4) is 5.75 Å². The van der Waals surface area contributed by atoms with Gasteiger partial charge in [0.05, 0.1) is 26.1 Å². The molecule has 0 atom stereocenters. The van der Waals surface area contributed by atoms with E-state index in [0.29, 0.717) is 5.56 Å². The van der Waals surface area contributed by atoms with Crippen LogP contribution in [-0.2, 0) is 9.59 Å². The van der Waals surface area contributed by atoms with E-state index in [9.17, 15) is 9.59 Å². The van der Waals surface area contributed by atoms with Crippen molar-refractivity contribution in [3.63, 3.8) is 0 Å². The molecule has 19 heavy (non-hydrogen) atoms. The molecule has 6 nitrogen and oxygen atoms in total. The minimum atomic E-state index is -1.08. The Hall–Kier alpha value is -1.92. The van der Waals surface area contributed by atoms with Crippen molar-refractivity contribution in [2.24, 2.45) is 0 Å². The van der Waals surface area contributed by atoms with E-state index >= 15 is 0 Å². The molecule has 0 bridgehead atoms. The van der Waals surface area contributed by atoms with E-state index in [1.165, 1.54) is 6.07 Å². The maximum absolute atomic E-state index is 11.5. The average Bonchev–Trinajstić information content (AvgIpc) is 2.40. The van der Waals surface area contributed by atoms with E-state index in [1.54, 1.807) is 18.2 Å². The fourth-order valence-electron chi connectivity index (χ4n) is 1.55. The SMILES string of the molecule is O=C(O)CCC(=O)Oc1ccccc1C(CO)CO. The van der Waals surface area contributed by atoms with Gasteiger partial charge in [0.2, 0.25) is 0 Å². The highest BCUT2D eigenvalue weighted by molar-refractivity contribution is 5.78. The van der Waals surface area contributed by atoms with Gasteiger partial charge < -0.3 is 20.1 Å². The van der Waals surface area contributed by atoms with E-state index in [2.05, 4.69) is 0 Å². The first-order valence-corrected chi connectivity index (χ1v) is 5.81. The first-order valence-electron chi connectivity index (χ1n) is 5.81. The fraction of sp³-hybridized carbons (Fsp3) is 0.385. The molecule has 0 radical (unpaired) electrons. The number of carboxylic acids is 1. The van der Waals surface area contributed by atoms with Gasteiger partial charge in [-0.2, -0.15) is 0 Å². The number of rotatable bonds is 7. The van der Waals surface area contributed by atoms with Crippen LogP contribution in [0, 0.1) is 0 Å². The van der Waals surface area contributed by atoms with Crippen molar-refractivity contribution in [1.82, 2.24) is 0 Å². The molecule has 1 aromatic carbocycles. The Morgan fingerprint density at radius 1 is 1.11 bits per heavy atom. The molecule has 6 heteroatoms. The Kier molecular flexibility index (Phi) is 5.98. The van der Waals surface area contributed by atoms with Crippen molar-refractivity contribution in [1.29, 1.82) is 0 Å². The lowest BCUT2D eigenvalue weighted by atomic mass is 10.00. The van der Waals surface area contributed by atoms with Crippen LogP contribution in [0.1, 0.15) is 24.3 Å². The summed E-state index contributed by atoms with van der Waals surface area (Å²) in [5, 5.41) is 26.7. The number of carbonyl (C=O) groups is 2. The van der Waals surface area contributed by atoms with Crippen molar-refractivity contribution in [2.75, 3.05) is 13.2 Å². The van der Waals surface area contributed by atoms with Gasteiger partial charge in [-0.15, -0.1) is 0 Å². The predicted molar refractivity (Wildman–Crippen MR) is 65.9 cm³/mol. The molecule has 0 saturated carbocycles. The number of aliphatic carboxylic acids is 1. The maximum atomic E-state index is 11.5. The number of aliphatic hydroxyl groups is 2. The molecule has 0 unspecified atom stereocenters. The lowest BCUT2D eigenvalue weighted by molar-refractivity contribution is -0.142. The molecule has 0 saturated heterocycles. The number of para-hydroxylation sites is 1. The second kappa shape index (κ2) is 7.50.